The summed E-state index contributed by atoms with van der Waals surface area (Å²) in [4.78, 5) is 0. The predicted octanol–water partition coefficient (Wildman–Crippen LogP) is 17.7. The Kier molecular flexibility index (Phi) is 13.5. The zero-order valence-corrected chi connectivity index (χ0v) is 41.2. The van der Waals surface area contributed by atoms with Crippen LogP contribution in [0.1, 0.15) is 116 Å². The first-order valence-corrected chi connectivity index (χ1v) is 24.4. The van der Waals surface area contributed by atoms with Crippen LogP contribution in [0.4, 0.5) is 11.4 Å². The van der Waals surface area contributed by atoms with E-state index in [1.807, 2.05) is 55.5 Å². The number of anilines is 2. The summed E-state index contributed by atoms with van der Waals surface area (Å²) in [6, 6.07) is 46.0. The fourth-order valence-corrected chi connectivity index (χ4v) is 10.9. The average Bonchev–Trinajstić information content (AvgIpc) is 3.71. The van der Waals surface area contributed by atoms with E-state index in [1.54, 1.807) is 0 Å². The third kappa shape index (κ3) is 7.40. The van der Waals surface area contributed by atoms with Crippen LogP contribution in [0.2, 0.25) is 0 Å². The van der Waals surface area contributed by atoms with Gasteiger partial charge in [0.2, 0.25) is 0 Å². The van der Waals surface area contributed by atoms with Crippen molar-refractivity contribution in [2.24, 2.45) is 0 Å². The minimum atomic E-state index is -0.110. The molecule has 2 nitrogen and oxygen atoms in total. The molecule has 0 amide bonds. The molecule has 8 aromatic carbocycles. The number of benzene rings is 8. The number of rotatable bonds is 3. The van der Waals surface area contributed by atoms with Crippen molar-refractivity contribution in [1.82, 2.24) is 0 Å². The molecule has 0 spiro atoms. The van der Waals surface area contributed by atoms with Crippen molar-refractivity contribution >= 4 is 62.4 Å². The van der Waals surface area contributed by atoms with Crippen molar-refractivity contribution in [2.75, 3.05) is 23.9 Å². The molecule has 328 valence electrons. The van der Waals surface area contributed by atoms with Crippen molar-refractivity contribution in [3.05, 3.63) is 161 Å². The summed E-state index contributed by atoms with van der Waals surface area (Å²) in [5, 5.41) is 10.9. The molecule has 0 fully saturated rings. The van der Waals surface area contributed by atoms with Gasteiger partial charge in [0.1, 0.15) is 0 Å². The van der Waals surface area contributed by atoms with Crippen LogP contribution < -0.4 is 11.1 Å². The lowest BCUT2D eigenvalue weighted by molar-refractivity contribution is 0.649. The summed E-state index contributed by atoms with van der Waals surface area (Å²) in [6.07, 6.45) is 6.84. The largest absolute Gasteiger partial charge is 0.399 e. The van der Waals surface area contributed by atoms with E-state index in [-0.39, 0.29) is 10.8 Å². The molecule has 3 aliphatic carbocycles. The van der Waals surface area contributed by atoms with Crippen LogP contribution >= 0.6 is 12.6 Å². The minimum absolute atomic E-state index is 0.0610. The van der Waals surface area contributed by atoms with Gasteiger partial charge in [-0.3, -0.25) is 0 Å². The number of thiol groups is 1. The van der Waals surface area contributed by atoms with Gasteiger partial charge in [0, 0.05) is 29.3 Å². The molecule has 0 heterocycles. The molecule has 0 saturated carbocycles. The van der Waals surface area contributed by atoms with E-state index in [0.717, 1.165) is 30.0 Å². The maximum atomic E-state index is 6.69. The third-order valence-electron chi connectivity index (χ3n) is 13.4. The van der Waals surface area contributed by atoms with Gasteiger partial charge >= 0.3 is 0 Å². The lowest BCUT2D eigenvalue weighted by atomic mass is 9.77. The molecular weight excluding hydrogens is 793 g/mol. The van der Waals surface area contributed by atoms with Crippen LogP contribution in [0, 0.1) is 0 Å². The van der Waals surface area contributed by atoms with Crippen LogP contribution in [-0.2, 0) is 17.3 Å². The number of hydrogen-bond donors (Lipinski definition) is 3. The minimum Gasteiger partial charge on any atom is -0.399 e. The number of nitrogens with one attached hydrogen (secondary N) is 1. The van der Waals surface area contributed by atoms with E-state index in [0.29, 0.717) is 0 Å². The molecule has 3 aliphatic rings. The number of nitrogens with two attached hydrogens (primary N) is 1. The van der Waals surface area contributed by atoms with Crippen molar-refractivity contribution in [3.8, 4) is 44.5 Å². The first-order chi connectivity index (χ1) is 31.1. The summed E-state index contributed by atoms with van der Waals surface area (Å²) in [5.74, 6) is 0.944. The average molecular weight is 861 g/mol. The summed E-state index contributed by atoms with van der Waals surface area (Å²) < 4.78 is 0. The Morgan fingerprint density at radius 1 is 0.562 bits per heavy atom. The van der Waals surface area contributed by atoms with E-state index in [1.165, 1.54) is 110 Å². The second-order valence-corrected chi connectivity index (χ2v) is 18.0. The molecule has 3 heteroatoms. The molecule has 0 aliphatic heterocycles. The van der Waals surface area contributed by atoms with Gasteiger partial charge in [-0.1, -0.05) is 173 Å². The second kappa shape index (κ2) is 18.8. The van der Waals surface area contributed by atoms with E-state index >= 15 is 0 Å². The van der Waals surface area contributed by atoms with Gasteiger partial charge in [-0.25, -0.2) is 0 Å². The molecule has 0 bridgehead atoms. The second-order valence-electron chi connectivity index (χ2n) is 17.4. The van der Waals surface area contributed by atoms with Crippen molar-refractivity contribution in [1.29, 1.82) is 0 Å². The highest BCUT2D eigenvalue weighted by molar-refractivity contribution is 7.80. The molecule has 8 aromatic rings. The normalized spacial score (nSPS) is 13.9. The Morgan fingerprint density at radius 2 is 1.11 bits per heavy atom. The molecule has 0 unspecified atom stereocenters. The molecule has 3 N–H and O–H groups in total. The topological polar surface area (TPSA) is 38.0 Å². The highest BCUT2D eigenvalue weighted by atomic mass is 32.1. The van der Waals surface area contributed by atoms with Gasteiger partial charge in [0.05, 0.1) is 0 Å². The fourth-order valence-electron chi connectivity index (χ4n) is 10.9. The van der Waals surface area contributed by atoms with Gasteiger partial charge in [0.25, 0.3) is 0 Å². The molecule has 0 radical (unpaired) electrons. The monoisotopic (exact) mass is 861 g/mol. The molecular formula is C61H68N2S. The van der Waals surface area contributed by atoms with E-state index in [9.17, 15) is 0 Å². The van der Waals surface area contributed by atoms with Crippen molar-refractivity contribution in [2.45, 2.75) is 99.8 Å². The lowest BCUT2D eigenvalue weighted by Crippen LogP contribution is -2.18. The molecule has 64 heavy (non-hydrogen) atoms. The van der Waals surface area contributed by atoms with Crippen LogP contribution in [0.25, 0.3) is 82.9 Å². The first kappa shape index (κ1) is 46.2. The van der Waals surface area contributed by atoms with Gasteiger partial charge < -0.3 is 11.1 Å². The van der Waals surface area contributed by atoms with Crippen LogP contribution in [0.5, 0.6) is 0 Å². The Balaban J connectivity index is 0.000000639. The molecule has 0 saturated heterocycles. The van der Waals surface area contributed by atoms with Gasteiger partial charge in [-0.05, 0) is 165 Å². The quantitative estimate of drug-likeness (QED) is 0.0941. The van der Waals surface area contributed by atoms with Gasteiger partial charge in [0.15, 0.2) is 0 Å². The number of fused-ring (bicyclic) bond motifs is 12. The Bertz CT molecular complexity index is 3050. The number of nitrogen functional groups attached to an aromatic ring is 1. The number of hydrogen-bond acceptors (Lipinski definition) is 3. The molecule has 11 rings (SSSR count). The van der Waals surface area contributed by atoms with Crippen molar-refractivity contribution < 1.29 is 0 Å². The lowest BCUT2D eigenvalue weighted by Gasteiger charge is -2.26. The summed E-state index contributed by atoms with van der Waals surface area (Å²) in [7, 11) is 2.01. The highest BCUT2D eigenvalue weighted by Crippen LogP contribution is 2.55. The first-order valence-electron chi connectivity index (χ1n) is 23.8. The summed E-state index contributed by atoms with van der Waals surface area (Å²) >= 11 is 3.79. The van der Waals surface area contributed by atoms with Crippen LogP contribution in [0.3, 0.4) is 0 Å². The molecule has 0 atom stereocenters. The zero-order valence-electron chi connectivity index (χ0n) is 40.3. The maximum absolute atomic E-state index is 6.69. The van der Waals surface area contributed by atoms with Crippen molar-refractivity contribution in [3.63, 3.8) is 0 Å². The standard InChI is InChI=1S/C53H44N2.C2H6S.3C2H6/c1-52(2)46-24-16-32(26-42(46)40-20-14-30-10-6-8-12-36(30)50(40)52)48-39-23-19-35(55-5)29-45(39)49(38-22-18-34(54)28-44(38)48)33-17-25-47-43(27-33)41-21-15-31-11-7-9-13-37(31)51(41)53(47,3)4;1-2-3;3*1-2/h6-8,10-12,14-29,55H,9,13,54H2,1-5H3;3H,2H2,1H3;3*1-2H3. The predicted molar refractivity (Wildman–Crippen MR) is 290 cm³/mol. The zero-order chi connectivity index (χ0) is 46.1. The summed E-state index contributed by atoms with van der Waals surface area (Å²) in [6.45, 7) is 23.6. The molecule has 0 aromatic heterocycles. The van der Waals surface area contributed by atoms with E-state index < -0.39 is 0 Å². The Labute approximate surface area is 389 Å². The number of allylic oxidation sites excluding steroid dienone is 1. The maximum Gasteiger partial charge on any atom is 0.0344 e. The Morgan fingerprint density at radius 3 is 1.73 bits per heavy atom. The summed E-state index contributed by atoms with van der Waals surface area (Å²) in [5.41, 5.74) is 27.3. The third-order valence-corrected chi connectivity index (χ3v) is 13.4. The highest BCUT2D eigenvalue weighted by Gasteiger charge is 2.39. The van der Waals surface area contributed by atoms with Crippen LogP contribution in [-0.4, -0.2) is 12.8 Å². The van der Waals surface area contributed by atoms with E-state index in [2.05, 4.69) is 179 Å². The SMILES string of the molecule is CC.CC.CC.CCS.CNc1ccc2c(-c3ccc4c(c3)-c3ccc5ccccc5c3C4(C)C)c3cc(N)ccc3c(-c3ccc4c(c3)-c3ccc5c(c3C4(C)C)CCC=C5)c2c1. The smallest absolute Gasteiger partial charge is 0.0344 e. The van der Waals surface area contributed by atoms with Gasteiger partial charge in [-0.15, -0.1) is 0 Å². The van der Waals surface area contributed by atoms with Crippen LogP contribution in [0.15, 0.2) is 127 Å². The van der Waals surface area contributed by atoms with E-state index in [4.69, 9.17) is 5.73 Å². The van der Waals surface area contributed by atoms with Gasteiger partial charge in [-0.2, -0.15) is 12.6 Å². The Hall–Kier alpha value is -5.77. The fraction of sp³-hybridized carbons (Fsp3) is 0.279.